The maximum absolute atomic E-state index is 12.1. The second-order valence-electron chi connectivity index (χ2n) is 5.17. The Hall–Kier alpha value is -2.80. The largest absolute Gasteiger partial charge is 0.493 e. The van der Waals surface area contributed by atoms with Crippen LogP contribution in [0.25, 0.3) is 12.2 Å². The molecule has 1 aliphatic rings. The molecule has 2 heterocycles. The van der Waals surface area contributed by atoms with Crippen LogP contribution in [-0.4, -0.2) is 21.5 Å². The highest BCUT2D eigenvalue weighted by atomic mass is 32.1. The Labute approximate surface area is 134 Å². The van der Waals surface area contributed by atoms with Gasteiger partial charge in [0.05, 0.1) is 10.2 Å². The lowest BCUT2D eigenvalue weighted by Gasteiger charge is -2.04. The molecule has 0 spiro atoms. The molecule has 0 aliphatic carbocycles. The smallest absolute Gasteiger partial charge is 0.277 e. The molecule has 6 nitrogen and oxygen atoms in total. The highest BCUT2D eigenvalue weighted by Gasteiger charge is 2.16. The fourth-order valence-electron chi connectivity index (χ4n) is 2.33. The summed E-state index contributed by atoms with van der Waals surface area (Å²) in [6, 6.07) is 5.58. The average molecular weight is 327 g/mol. The number of carbonyl (C=O) groups is 2. The van der Waals surface area contributed by atoms with E-state index in [9.17, 15) is 14.7 Å². The number of rotatable bonds is 1. The van der Waals surface area contributed by atoms with Crippen molar-refractivity contribution in [2.75, 3.05) is 0 Å². The van der Waals surface area contributed by atoms with Crippen molar-refractivity contribution >= 4 is 35.3 Å². The Morgan fingerprint density at radius 3 is 2.83 bits per heavy atom. The number of aromatic nitrogens is 1. The summed E-state index contributed by atoms with van der Waals surface area (Å²) in [5.74, 6) is -1.22. The second kappa shape index (κ2) is 5.44. The molecule has 3 rings (SSSR count). The second-order valence-corrected chi connectivity index (χ2v) is 6.20. The van der Waals surface area contributed by atoms with Gasteiger partial charge in [-0.25, -0.2) is 9.56 Å². The molecule has 0 radical (unpaired) electrons. The van der Waals surface area contributed by atoms with Gasteiger partial charge >= 0.3 is 0 Å². The molecule has 0 saturated heterocycles. The van der Waals surface area contributed by atoms with Crippen LogP contribution in [0.1, 0.15) is 22.2 Å². The van der Waals surface area contributed by atoms with Crippen molar-refractivity contribution in [3.8, 4) is 5.88 Å². The zero-order chi connectivity index (χ0) is 16.7. The third-order valence-corrected chi connectivity index (χ3v) is 4.30. The molecule has 0 atom stereocenters. The zero-order valence-electron chi connectivity index (χ0n) is 12.5. The first-order valence-corrected chi connectivity index (χ1v) is 7.62. The van der Waals surface area contributed by atoms with Crippen molar-refractivity contribution in [2.24, 2.45) is 4.99 Å². The number of nitrogens with zero attached hydrogens (tertiary/aromatic N) is 2. The minimum Gasteiger partial charge on any atom is -0.493 e. The van der Waals surface area contributed by atoms with Crippen molar-refractivity contribution < 1.29 is 14.7 Å². The Bertz CT molecular complexity index is 1060. The number of hydrogen-bond acceptors (Lipinski definition) is 5. The van der Waals surface area contributed by atoms with E-state index in [0.29, 0.717) is 10.9 Å². The number of nitrogens with one attached hydrogen (secondary N) is 1. The van der Waals surface area contributed by atoms with Crippen molar-refractivity contribution in [3.05, 3.63) is 49.6 Å². The average Bonchev–Trinajstić information content (AvgIpc) is 2.74. The highest BCUT2D eigenvalue weighted by Crippen LogP contribution is 2.23. The third-order valence-electron chi connectivity index (χ3n) is 3.41. The van der Waals surface area contributed by atoms with Gasteiger partial charge in [-0.2, -0.15) is 0 Å². The van der Waals surface area contributed by atoms with Gasteiger partial charge < -0.3 is 5.11 Å². The standard InChI is InChI=1S/C16H13N3O3S/c1-8-3-4-12-10(5-8)6-11(14(21)18-12)7-13-15(22)19(9(2)20)16(17)23-13/h3-7,17,22H,1-2H3/b11-7+,17-16?. The van der Waals surface area contributed by atoms with E-state index < -0.39 is 11.8 Å². The molecule has 7 heteroatoms. The Morgan fingerprint density at radius 1 is 1.43 bits per heavy atom. The monoisotopic (exact) mass is 327 g/mol. The molecule has 1 aliphatic heterocycles. The Balaban J connectivity index is 2.18. The summed E-state index contributed by atoms with van der Waals surface area (Å²) in [5, 5.41) is 19.2. The molecule has 0 unspecified atom stereocenters. The predicted molar refractivity (Wildman–Crippen MR) is 85.5 cm³/mol. The maximum Gasteiger partial charge on any atom is 0.277 e. The Kier molecular flexibility index (Phi) is 3.57. The molecule has 2 N–H and O–H groups in total. The van der Waals surface area contributed by atoms with Crippen LogP contribution in [-0.2, 0) is 4.79 Å². The van der Waals surface area contributed by atoms with Gasteiger partial charge in [0, 0.05) is 17.7 Å². The zero-order valence-corrected chi connectivity index (χ0v) is 13.3. The fraction of sp³-hybridized carbons (Fsp3) is 0.125. The van der Waals surface area contributed by atoms with Crippen LogP contribution < -0.4 is 15.4 Å². The summed E-state index contributed by atoms with van der Waals surface area (Å²) in [5.41, 5.74) is 1.35. The minimum atomic E-state index is -0.460. The van der Waals surface area contributed by atoms with Crippen LogP contribution in [0.3, 0.4) is 0 Å². The summed E-state index contributed by atoms with van der Waals surface area (Å²) in [7, 11) is 0. The van der Waals surface area contributed by atoms with Crippen LogP contribution in [0.15, 0.2) is 28.8 Å². The molecule has 0 saturated carbocycles. The number of aryl methyl sites for hydroxylation is 1. The Morgan fingerprint density at radius 2 is 2.17 bits per heavy atom. The molecule has 2 aromatic rings. The number of benzene rings is 1. The van der Waals surface area contributed by atoms with Gasteiger partial charge in [0.25, 0.3) is 5.91 Å². The van der Waals surface area contributed by atoms with E-state index in [1.54, 1.807) is 12.1 Å². The van der Waals surface area contributed by atoms with E-state index in [-0.39, 0.29) is 15.6 Å². The van der Waals surface area contributed by atoms with Crippen LogP contribution in [0.5, 0.6) is 5.88 Å². The summed E-state index contributed by atoms with van der Waals surface area (Å²) in [4.78, 5) is 27.8. The third kappa shape index (κ3) is 2.66. The van der Waals surface area contributed by atoms with Crippen LogP contribution in [0.4, 0.5) is 0 Å². The van der Waals surface area contributed by atoms with Crippen molar-refractivity contribution in [1.29, 1.82) is 5.41 Å². The highest BCUT2D eigenvalue weighted by molar-refractivity contribution is 7.10. The lowest BCUT2D eigenvalue weighted by Crippen LogP contribution is -2.30. The number of carbonyl (C=O) groups excluding carboxylic acids is 2. The first-order chi connectivity index (χ1) is 10.9. The number of aromatic hydroxyl groups is 1. The summed E-state index contributed by atoms with van der Waals surface area (Å²) >= 11 is 0.918. The SMILES string of the molecule is CC(=O)n1c(O)c(/C=C2\C=c3cc(C)ccc3=NC2=O)sc1=N. The fourth-order valence-corrected chi connectivity index (χ4v) is 3.21. The van der Waals surface area contributed by atoms with E-state index in [1.165, 1.54) is 13.0 Å². The van der Waals surface area contributed by atoms with Crippen molar-refractivity contribution in [2.45, 2.75) is 13.8 Å². The summed E-state index contributed by atoms with van der Waals surface area (Å²) in [6.07, 6.45) is 3.15. The molecule has 0 fully saturated rings. The molecule has 23 heavy (non-hydrogen) atoms. The quantitative estimate of drug-likeness (QED) is 0.756. The van der Waals surface area contributed by atoms with Gasteiger partial charge in [-0.1, -0.05) is 23.0 Å². The first-order valence-electron chi connectivity index (χ1n) is 6.80. The van der Waals surface area contributed by atoms with Crippen LogP contribution in [0.2, 0.25) is 0 Å². The molecule has 116 valence electrons. The molecule has 0 bridgehead atoms. The van der Waals surface area contributed by atoms with Gasteiger partial charge in [-0.15, -0.1) is 0 Å². The van der Waals surface area contributed by atoms with Gasteiger partial charge in [0.1, 0.15) is 0 Å². The number of hydrogen-bond donors (Lipinski definition) is 2. The summed E-state index contributed by atoms with van der Waals surface area (Å²) in [6.45, 7) is 3.20. The van der Waals surface area contributed by atoms with E-state index in [1.807, 2.05) is 19.1 Å². The number of amides is 1. The lowest BCUT2D eigenvalue weighted by atomic mass is 10.1. The van der Waals surface area contributed by atoms with E-state index in [2.05, 4.69) is 4.99 Å². The molecule has 1 aromatic heterocycles. The van der Waals surface area contributed by atoms with Crippen molar-refractivity contribution in [1.82, 2.24) is 4.57 Å². The molecular formula is C16H13N3O3S. The lowest BCUT2D eigenvalue weighted by molar-refractivity contribution is -0.114. The van der Waals surface area contributed by atoms with E-state index in [0.717, 1.165) is 26.7 Å². The van der Waals surface area contributed by atoms with Gasteiger partial charge in [-0.05, 0) is 31.2 Å². The van der Waals surface area contributed by atoms with Gasteiger partial charge in [0.2, 0.25) is 11.8 Å². The summed E-state index contributed by atoms with van der Waals surface area (Å²) < 4.78 is 0.888. The predicted octanol–water partition coefficient (Wildman–Crippen LogP) is 0.727. The van der Waals surface area contributed by atoms with Gasteiger partial charge in [0.15, 0.2) is 4.80 Å². The minimum absolute atomic E-state index is 0.0988. The molecule has 1 amide bonds. The van der Waals surface area contributed by atoms with Crippen molar-refractivity contribution in [3.63, 3.8) is 0 Å². The molecular weight excluding hydrogens is 314 g/mol. The topological polar surface area (TPSA) is 95.5 Å². The first kappa shape index (κ1) is 15.1. The number of fused-ring (bicyclic) bond motifs is 1. The maximum atomic E-state index is 12.1. The van der Waals surface area contributed by atoms with E-state index >= 15 is 0 Å². The van der Waals surface area contributed by atoms with E-state index in [4.69, 9.17) is 5.41 Å². The molecule has 1 aromatic carbocycles. The van der Waals surface area contributed by atoms with Gasteiger partial charge in [-0.3, -0.25) is 15.0 Å². The number of thiazole rings is 1. The van der Waals surface area contributed by atoms with Crippen LogP contribution >= 0.6 is 11.3 Å². The van der Waals surface area contributed by atoms with Crippen LogP contribution in [0, 0.1) is 12.3 Å². The normalized spacial score (nSPS) is 15.0.